The van der Waals surface area contributed by atoms with Gasteiger partial charge in [0.25, 0.3) is 0 Å². The molecule has 0 aromatic heterocycles. The Morgan fingerprint density at radius 2 is 1.89 bits per heavy atom. The minimum Gasteiger partial charge on any atom is -0.481 e. The fourth-order valence-corrected chi connectivity index (χ4v) is 2.20. The number of ether oxygens (including phenoxy) is 1. The molecule has 7 nitrogen and oxygen atoms in total. The second kappa shape index (κ2) is 6.69. The lowest BCUT2D eigenvalue weighted by molar-refractivity contribution is -0.146. The summed E-state index contributed by atoms with van der Waals surface area (Å²) in [4.78, 5) is 21.6. The smallest absolute Gasteiger partial charge is 0.310 e. The summed E-state index contributed by atoms with van der Waals surface area (Å²) in [7, 11) is -2.35. The van der Waals surface area contributed by atoms with Crippen LogP contribution in [-0.2, 0) is 24.3 Å². The lowest BCUT2D eigenvalue weighted by Gasteiger charge is -2.19. The summed E-state index contributed by atoms with van der Waals surface area (Å²) < 4.78 is 29.6. The molecule has 0 saturated carbocycles. The number of hydrogen-bond acceptors (Lipinski definition) is 5. The molecular formula is C10H19NO6S. The van der Waals surface area contributed by atoms with Gasteiger partial charge in [-0.05, 0) is 20.3 Å². The molecule has 106 valence electrons. The van der Waals surface area contributed by atoms with Gasteiger partial charge in [-0.2, -0.15) is 0 Å². The van der Waals surface area contributed by atoms with Crippen LogP contribution in [-0.4, -0.2) is 44.9 Å². The lowest BCUT2D eigenvalue weighted by atomic mass is 9.95. The van der Waals surface area contributed by atoms with E-state index in [0.29, 0.717) is 0 Å². The van der Waals surface area contributed by atoms with E-state index >= 15 is 0 Å². The fraction of sp³-hybridized carbons (Fsp3) is 0.800. The zero-order valence-corrected chi connectivity index (χ0v) is 11.5. The summed E-state index contributed by atoms with van der Waals surface area (Å²) >= 11 is 0. The first kappa shape index (κ1) is 16.9. The van der Waals surface area contributed by atoms with E-state index in [9.17, 15) is 18.0 Å². The van der Waals surface area contributed by atoms with Gasteiger partial charge in [-0.3, -0.25) is 9.59 Å². The van der Waals surface area contributed by atoms with Gasteiger partial charge in [-0.25, -0.2) is 13.1 Å². The van der Waals surface area contributed by atoms with Crippen LogP contribution in [0.1, 0.15) is 26.7 Å². The quantitative estimate of drug-likeness (QED) is 0.605. The Kier molecular flexibility index (Phi) is 6.27. The number of hydrogen-bond donors (Lipinski definition) is 2. The minimum absolute atomic E-state index is 0.0136. The van der Waals surface area contributed by atoms with Crippen molar-refractivity contribution in [3.63, 3.8) is 0 Å². The summed E-state index contributed by atoms with van der Waals surface area (Å²) in [5.74, 6) is -1.80. The topological polar surface area (TPSA) is 110 Å². The van der Waals surface area contributed by atoms with E-state index < -0.39 is 27.4 Å². The molecule has 0 saturated heterocycles. The van der Waals surface area contributed by atoms with Crippen molar-refractivity contribution in [1.29, 1.82) is 0 Å². The maximum Gasteiger partial charge on any atom is 0.310 e. The number of esters is 1. The van der Waals surface area contributed by atoms with Gasteiger partial charge in [0.05, 0.1) is 18.3 Å². The monoisotopic (exact) mass is 281 g/mol. The third-order valence-electron chi connectivity index (χ3n) is 2.33. The van der Waals surface area contributed by atoms with Gasteiger partial charge in [-0.15, -0.1) is 0 Å². The number of carboxylic acid groups (broad SMARTS) is 1. The second-order valence-corrected chi connectivity index (χ2v) is 6.44. The Morgan fingerprint density at radius 3 is 2.33 bits per heavy atom. The molecule has 8 heteroatoms. The van der Waals surface area contributed by atoms with Crippen LogP contribution in [0.5, 0.6) is 0 Å². The minimum atomic E-state index is -3.57. The van der Waals surface area contributed by atoms with E-state index in [1.807, 2.05) is 0 Å². The van der Waals surface area contributed by atoms with E-state index in [2.05, 4.69) is 9.46 Å². The molecule has 0 unspecified atom stereocenters. The van der Waals surface area contributed by atoms with Crippen molar-refractivity contribution in [2.75, 3.05) is 19.4 Å². The number of carboxylic acids is 1. The molecule has 2 N–H and O–H groups in total. The molecule has 0 radical (unpaired) electrons. The zero-order valence-electron chi connectivity index (χ0n) is 10.7. The van der Waals surface area contributed by atoms with Gasteiger partial charge in [0.1, 0.15) is 0 Å². The van der Waals surface area contributed by atoms with Crippen molar-refractivity contribution < 1.29 is 27.9 Å². The molecule has 0 aromatic rings. The highest BCUT2D eigenvalue weighted by Crippen LogP contribution is 2.13. The molecule has 0 atom stereocenters. The van der Waals surface area contributed by atoms with E-state index in [0.717, 1.165) is 0 Å². The number of nitrogens with one attached hydrogen (secondary N) is 1. The Labute approximate surface area is 107 Å². The Hall–Kier alpha value is -1.15. The number of rotatable bonds is 8. The Bertz CT molecular complexity index is 401. The van der Waals surface area contributed by atoms with Crippen molar-refractivity contribution >= 4 is 22.0 Å². The van der Waals surface area contributed by atoms with E-state index in [1.165, 1.54) is 21.0 Å². The normalized spacial score (nSPS) is 12.2. The molecule has 0 aliphatic rings. The average Bonchev–Trinajstić information content (AvgIpc) is 2.26. The predicted molar refractivity (Wildman–Crippen MR) is 64.5 cm³/mol. The molecule has 18 heavy (non-hydrogen) atoms. The van der Waals surface area contributed by atoms with Crippen LogP contribution < -0.4 is 4.72 Å². The fourth-order valence-electron chi connectivity index (χ4n) is 0.947. The molecule has 0 heterocycles. The van der Waals surface area contributed by atoms with Crippen LogP contribution in [0.3, 0.4) is 0 Å². The summed E-state index contributed by atoms with van der Waals surface area (Å²) in [5.41, 5.74) is -1.17. The first-order chi connectivity index (χ1) is 8.10. The molecule has 0 aliphatic heterocycles. The summed E-state index contributed by atoms with van der Waals surface area (Å²) in [6.45, 7) is 2.65. The van der Waals surface area contributed by atoms with Gasteiger partial charge in [0.2, 0.25) is 10.0 Å². The molecule has 0 fully saturated rings. The van der Waals surface area contributed by atoms with Crippen molar-refractivity contribution in [1.82, 2.24) is 4.72 Å². The van der Waals surface area contributed by atoms with Crippen LogP contribution >= 0.6 is 0 Å². The molecule has 0 amide bonds. The van der Waals surface area contributed by atoms with E-state index in [-0.39, 0.29) is 25.1 Å². The molecule has 0 spiro atoms. The van der Waals surface area contributed by atoms with E-state index in [4.69, 9.17) is 5.11 Å². The highest BCUT2D eigenvalue weighted by atomic mass is 32.2. The van der Waals surface area contributed by atoms with Gasteiger partial charge >= 0.3 is 11.9 Å². The first-order valence-electron chi connectivity index (χ1n) is 5.38. The van der Waals surface area contributed by atoms with Gasteiger partial charge < -0.3 is 9.84 Å². The Morgan fingerprint density at radius 1 is 1.33 bits per heavy atom. The molecular weight excluding hydrogens is 262 g/mol. The summed E-state index contributed by atoms with van der Waals surface area (Å²) in [6.07, 6.45) is 0.148. The van der Waals surface area contributed by atoms with Crippen molar-refractivity contribution in [3.8, 4) is 0 Å². The molecule has 0 aliphatic carbocycles. The Balaban J connectivity index is 4.17. The lowest BCUT2D eigenvalue weighted by Crippen LogP contribution is -2.39. The third-order valence-corrected chi connectivity index (χ3v) is 3.74. The molecule has 0 aromatic carbocycles. The highest BCUT2D eigenvalue weighted by molar-refractivity contribution is 7.89. The van der Waals surface area contributed by atoms with Gasteiger partial charge in [0, 0.05) is 13.0 Å². The second-order valence-electron chi connectivity index (χ2n) is 4.51. The van der Waals surface area contributed by atoms with Crippen molar-refractivity contribution in [2.45, 2.75) is 26.7 Å². The van der Waals surface area contributed by atoms with Crippen LogP contribution in [0.15, 0.2) is 0 Å². The van der Waals surface area contributed by atoms with Gasteiger partial charge in [-0.1, -0.05) is 0 Å². The van der Waals surface area contributed by atoms with Gasteiger partial charge in [0.15, 0.2) is 0 Å². The van der Waals surface area contributed by atoms with E-state index in [1.54, 1.807) is 0 Å². The van der Waals surface area contributed by atoms with Crippen molar-refractivity contribution in [3.05, 3.63) is 0 Å². The average molecular weight is 281 g/mol. The number of carbonyl (C=O) groups is 2. The number of sulfonamides is 1. The third kappa shape index (κ3) is 6.55. The molecule has 0 bridgehead atoms. The first-order valence-corrected chi connectivity index (χ1v) is 7.03. The SMILES string of the molecule is COC(=O)CCCS(=O)(=O)NCC(C)(C)C(=O)O. The largest absolute Gasteiger partial charge is 0.481 e. The number of aliphatic carboxylic acids is 1. The number of carbonyl (C=O) groups excluding carboxylic acids is 1. The zero-order chi connectivity index (χ0) is 14.4. The summed E-state index contributed by atoms with van der Waals surface area (Å²) in [5, 5.41) is 8.82. The van der Waals surface area contributed by atoms with Crippen LogP contribution in [0, 0.1) is 5.41 Å². The van der Waals surface area contributed by atoms with Crippen molar-refractivity contribution in [2.24, 2.45) is 5.41 Å². The standard InChI is InChI=1S/C10H19NO6S/c1-10(2,9(13)14)7-11-18(15,16)6-4-5-8(12)17-3/h11H,4-7H2,1-3H3,(H,13,14). The maximum atomic E-state index is 11.5. The number of methoxy groups -OCH3 is 1. The summed E-state index contributed by atoms with van der Waals surface area (Å²) in [6, 6.07) is 0. The van der Waals surface area contributed by atoms with Crippen LogP contribution in [0.25, 0.3) is 0 Å². The predicted octanol–water partition coefficient (Wildman–Crippen LogP) is -0.0302. The van der Waals surface area contributed by atoms with Crippen LogP contribution in [0.4, 0.5) is 0 Å². The highest BCUT2D eigenvalue weighted by Gasteiger charge is 2.28. The maximum absolute atomic E-state index is 11.5. The van der Waals surface area contributed by atoms with Crippen LogP contribution in [0.2, 0.25) is 0 Å². The molecule has 0 rings (SSSR count).